The molecule has 0 amide bonds. The van der Waals surface area contributed by atoms with E-state index in [0.717, 1.165) is 19.3 Å². The van der Waals surface area contributed by atoms with E-state index in [-0.39, 0.29) is 5.92 Å². The van der Waals surface area contributed by atoms with Crippen molar-refractivity contribution < 1.29 is 19.1 Å². The van der Waals surface area contributed by atoms with Crippen LogP contribution in [0.4, 0.5) is 0 Å². The summed E-state index contributed by atoms with van der Waals surface area (Å²) in [6, 6.07) is 5.49. The lowest BCUT2D eigenvalue weighted by Crippen LogP contribution is -2.25. The van der Waals surface area contributed by atoms with Gasteiger partial charge in [0.25, 0.3) is 0 Å². The molecule has 0 saturated heterocycles. The van der Waals surface area contributed by atoms with Crippen LogP contribution in [0.15, 0.2) is 22.6 Å². The van der Waals surface area contributed by atoms with E-state index in [1.54, 1.807) is 7.11 Å². The number of carboxylic acid groups (broad SMARTS) is 1. The third-order valence-electron chi connectivity index (χ3n) is 4.02. The number of aromatic nitrogens is 1. The molecule has 5 heteroatoms. The molecule has 1 heterocycles. The van der Waals surface area contributed by atoms with Crippen molar-refractivity contribution in [3.8, 4) is 5.75 Å². The highest BCUT2D eigenvalue weighted by molar-refractivity contribution is 5.80. The summed E-state index contributed by atoms with van der Waals surface area (Å²) in [5, 5.41) is 9.35. The zero-order valence-electron chi connectivity index (χ0n) is 11.3. The number of aliphatic carboxylic acids is 1. The van der Waals surface area contributed by atoms with Crippen molar-refractivity contribution in [2.24, 2.45) is 5.92 Å². The fourth-order valence-electron chi connectivity index (χ4n) is 2.99. The molecule has 1 aromatic heterocycles. The van der Waals surface area contributed by atoms with E-state index in [1.807, 2.05) is 18.2 Å². The normalized spacial score (nSPS) is 22.9. The molecule has 1 aliphatic rings. The second-order valence-electron chi connectivity index (χ2n) is 5.19. The van der Waals surface area contributed by atoms with Crippen LogP contribution in [0.5, 0.6) is 5.75 Å². The van der Waals surface area contributed by atoms with Crippen molar-refractivity contribution >= 4 is 17.1 Å². The van der Waals surface area contributed by atoms with Gasteiger partial charge >= 0.3 is 5.97 Å². The number of benzene rings is 1. The Morgan fingerprint density at radius 2 is 2.20 bits per heavy atom. The highest BCUT2D eigenvalue weighted by Gasteiger charge is 2.35. The number of para-hydroxylation sites is 1. The monoisotopic (exact) mass is 275 g/mol. The number of nitrogens with zero attached hydrogens (tertiary/aromatic N) is 1. The van der Waals surface area contributed by atoms with Gasteiger partial charge in [-0.15, -0.1) is 0 Å². The molecule has 20 heavy (non-hydrogen) atoms. The SMILES string of the molecule is COc1cccc2oc(C3CCCCC3C(=O)O)nc12. The lowest BCUT2D eigenvalue weighted by Gasteiger charge is -2.25. The predicted molar refractivity (Wildman–Crippen MR) is 72.9 cm³/mol. The van der Waals surface area contributed by atoms with E-state index in [4.69, 9.17) is 9.15 Å². The average molecular weight is 275 g/mol. The lowest BCUT2D eigenvalue weighted by atomic mass is 9.79. The van der Waals surface area contributed by atoms with Gasteiger partial charge in [-0.3, -0.25) is 4.79 Å². The maximum absolute atomic E-state index is 11.4. The molecule has 2 atom stereocenters. The van der Waals surface area contributed by atoms with Crippen molar-refractivity contribution in [1.82, 2.24) is 4.98 Å². The number of hydrogen-bond donors (Lipinski definition) is 1. The molecule has 2 unspecified atom stereocenters. The molecule has 1 saturated carbocycles. The van der Waals surface area contributed by atoms with Gasteiger partial charge in [-0.25, -0.2) is 4.98 Å². The first kappa shape index (κ1) is 13.0. The maximum Gasteiger partial charge on any atom is 0.307 e. The Kier molecular flexibility index (Phi) is 3.34. The van der Waals surface area contributed by atoms with Crippen LogP contribution < -0.4 is 4.74 Å². The van der Waals surface area contributed by atoms with Crippen molar-refractivity contribution in [2.45, 2.75) is 31.6 Å². The van der Waals surface area contributed by atoms with E-state index in [9.17, 15) is 9.90 Å². The van der Waals surface area contributed by atoms with Crippen LogP contribution in [-0.2, 0) is 4.79 Å². The maximum atomic E-state index is 11.4. The summed E-state index contributed by atoms with van der Waals surface area (Å²) < 4.78 is 11.0. The molecule has 2 aromatic rings. The predicted octanol–water partition coefficient (Wildman–Crippen LogP) is 3.19. The van der Waals surface area contributed by atoms with Crippen molar-refractivity contribution in [3.63, 3.8) is 0 Å². The summed E-state index contributed by atoms with van der Waals surface area (Å²) in [7, 11) is 1.59. The van der Waals surface area contributed by atoms with Crippen molar-refractivity contribution in [1.29, 1.82) is 0 Å². The largest absolute Gasteiger partial charge is 0.494 e. The first-order valence-corrected chi connectivity index (χ1v) is 6.87. The van der Waals surface area contributed by atoms with Crippen LogP contribution in [0, 0.1) is 5.92 Å². The second kappa shape index (κ2) is 5.15. The minimum atomic E-state index is -0.760. The van der Waals surface area contributed by atoms with Crippen LogP contribution in [0.3, 0.4) is 0 Å². The second-order valence-corrected chi connectivity index (χ2v) is 5.19. The number of rotatable bonds is 3. The number of fused-ring (bicyclic) bond motifs is 1. The summed E-state index contributed by atoms with van der Waals surface area (Å²) >= 11 is 0. The third-order valence-corrected chi connectivity index (χ3v) is 4.02. The molecule has 0 bridgehead atoms. The van der Waals surface area contributed by atoms with Gasteiger partial charge in [-0.05, 0) is 25.0 Å². The van der Waals surface area contributed by atoms with Crippen molar-refractivity contribution in [3.05, 3.63) is 24.1 Å². The Morgan fingerprint density at radius 3 is 2.95 bits per heavy atom. The number of carboxylic acids is 1. The summed E-state index contributed by atoms with van der Waals surface area (Å²) in [5.74, 6) is -0.123. The fourth-order valence-corrected chi connectivity index (χ4v) is 2.99. The highest BCUT2D eigenvalue weighted by atomic mass is 16.5. The topological polar surface area (TPSA) is 72.6 Å². The first-order valence-electron chi connectivity index (χ1n) is 6.87. The number of ether oxygens (including phenoxy) is 1. The zero-order chi connectivity index (χ0) is 14.1. The minimum absolute atomic E-state index is 0.140. The standard InChI is InChI=1S/C15H17NO4/c1-19-11-7-4-8-12-13(11)16-14(20-12)9-5-2-3-6-10(9)15(17)18/h4,7-10H,2-3,5-6H2,1H3,(H,17,18). The molecular formula is C15H17NO4. The Morgan fingerprint density at radius 1 is 1.40 bits per heavy atom. The molecule has 1 aromatic carbocycles. The Hall–Kier alpha value is -2.04. The van der Waals surface area contributed by atoms with Gasteiger partial charge in [-0.1, -0.05) is 18.9 Å². The molecule has 0 spiro atoms. The summed E-state index contributed by atoms with van der Waals surface area (Å²) in [6.07, 6.45) is 3.48. The van der Waals surface area contributed by atoms with E-state index in [0.29, 0.717) is 29.2 Å². The van der Waals surface area contributed by atoms with Gasteiger partial charge in [0.1, 0.15) is 5.75 Å². The quantitative estimate of drug-likeness (QED) is 0.931. The van der Waals surface area contributed by atoms with Gasteiger partial charge < -0.3 is 14.3 Å². The van der Waals surface area contributed by atoms with E-state index in [1.165, 1.54) is 0 Å². The smallest absolute Gasteiger partial charge is 0.307 e. The van der Waals surface area contributed by atoms with Gasteiger partial charge in [0, 0.05) is 5.92 Å². The number of hydrogen-bond acceptors (Lipinski definition) is 4. The molecule has 0 radical (unpaired) electrons. The molecule has 5 nitrogen and oxygen atoms in total. The molecule has 0 aliphatic heterocycles. The van der Waals surface area contributed by atoms with Gasteiger partial charge in [0.15, 0.2) is 17.0 Å². The van der Waals surface area contributed by atoms with Crippen LogP contribution in [-0.4, -0.2) is 23.2 Å². The van der Waals surface area contributed by atoms with E-state index in [2.05, 4.69) is 4.98 Å². The Labute approximate surface area is 116 Å². The highest BCUT2D eigenvalue weighted by Crippen LogP contribution is 2.39. The van der Waals surface area contributed by atoms with Gasteiger partial charge in [0.2, 0.25) is 0 Å². The van der Waals surface area contributed by atoms with Gasteiger partial charge in [-0.2, -0.15) is 0 Å². The summed E-state index contributed by atoms with van der Waals surface area (Å²) in [4.78, 5) is 15.9. The fraction of sp³-hybridized carbons (Fsp3) is 0.467. The molecule has 106 valence electrons. The number of carbonyl (C=O) groups is 1. The Balaban J connectivity index is 2.02. The third kappa shape index (κ3) is 2.13. The molecule has 1 fully saturated rings. The van der Waals surface area contributed by atoms with Crippen LogP contribution in [0.25, 0.3) is 11.1 Å². The van der Waals surface area contributed by atoms with E-state index < -0.39 is 11.9 Å². The van der Waals surface area contributed by atoms with Crippen LogP contribution >= 0.6 is 0 Å². The molecule has 1 aliphatic carbocycles. The molecule has 1 N–H and O–H groups in total. The first-order chi connectivity index (χ1) is 9.70. The zero-order valence-corrected chi connectivity index (χ0v) is 11.3. The summed E-state index contributed by atoms with van der Waals surface area (Å²) in [6.45, 7) is 0. The van der Waals surface area contributed by atoms with E-state index >= 15 is 0 Å². The average Bonchev–Trinajstić information content (AvgIpc) is 2.90. The van der Waals surface area contributed by atoms with Crippen LogP contribution in [0.2, 0.25) is 0 Å². The van der Waals surface area contributed by atoms with Crippen LogP contribution in [0.1, 0.15) is 37.5 Å². The summed E-state index contributed by atoms with van der Waals surface area (Å²) in [5.41, 5.74) is 1.31. The molecular weight excluding hydrogens is 258 g/mol. The van der Waals surface area contributed by atoms with Gasteiger partial charge in [0.05, 0.1) is 13.0 Å². The lowest BCUT2D eigenvalue weighted by molar-refractivity contribution is -0.143. The van der Waals surface area contributed by atoms with Crippen molar-refractivity contribution in [2.75, 3.05) is 7.11 Å². The number of methoxy groups -OCH3 is 1. The minimum Gasteiger partial charge on any atom is -0.494 e. The Bertz CT molecular complexity index is 634. The molecule has 3 rings (SSSR count). The number of oxazole rings is 1.